The molecule has 2 amide bonds. The zero-order valence-corrected chi connectivity index (χ0v) is 18.8. The number of halogens is 4. The number of benzene rings is 1. The van der Waals surface area contributed by atoms with Crippen LogP contribution in [0.5, 0.6) is 0 Å². The molecule has 1 saturated heterocycles. The molecule has 2 heterocycles. The highest BCUT2D eigenvalue weighted by atomic mass is 35.5. The molecule has 0 unspecified atom stereocenters. The van der Waals surface area contributed by atoms with Gasteiger partial charge in [0, 0.05) is 30.1 Å². The molecule has 4 rings (SSSR count). The molecular formula is C23H26ClF3N4O2. The molecule has 1 aliphatic carbocycles. The molecule has 0 radical (unpaired) electrons. The van der Waals surface area contributed by atoms with E-state index in [0.717, 1.165) is 38.3 Å². The summed E-state index contributed by atoms with van der Waals surface area (Å²) in [5.74, 6) is -0.612. The lowest BCUT2D eigenvalue weighted by Crippen LogP contribution is -2.48. The van der Waals surface area contributed by atoms with Crippen molar-refractivity contribution >= 4 is 23.4 Å². The van der Waals surface area contributed by atoms with Crippen molar-refractivity contribution in [2.75, 3.05) is 13.1 Å². The number of hydrogen-bond acceptors (Lipinski definition) is 3. The van der Waals surface area contributed by atoms with Gasteiger partial charge < -0.3 is 10.2 Å². The third-order valence-corrected chi connectivity index (χ3v) is 6.66. The van der Waals surface area contributed by atoms with E-state index in [9.17, 15) is 22.8 Å². The predicted octanol–water partition coefficient (Wildman–Crippen LogP) is 4.85. The van der Waals surface area contributed by atoms with E-state index in [-0.39, 0.29) is 41.7 Å². The summed E-state index contributed by atoms with van der Waals surface area (Å²) in [6.45, 7) is 0.544. The van der Waals surface area contributed by atoms with E-state index in [4.69, 9.17) is 11.6 Å². The van der Waals surface area contributed by atoms with Gasteiger partial charge in [0.2, 0.25) is 5.91 Å². The van der Waals surface area contributed by atoms with Crippen molar-refractivity contribution in [1.29, 1.82) is 0 Å². The lowest BCUT2D eigenvalue weighted by Gasteiger charge is -2.33. The summed E-state index contributed by atoms with van der Waals surface area (Å²) >= 11 is 5.92. The van der Waals surface area contributed by atoms with Crippen LogP contribution in [-0.4, -0.2) is 45.6 Å². The van der Waals surface area contributed by atoms with Gasteiger partial charge in [-0.2, -0.15) is 18.3 Å². The fourth-order valence-electron chi connectivity index (χ4n) is 4.66. The van der Waals surface area contributed by atoms with Gasteiger partial charge in [-0.25, -0.2) is 4.68 Å². The number of hydrogen-bond donors (Lipinski definition) is 1. The number of amides is 2. The summed E-state index contributed by atoms with van der Waals surface area (Å²) in [6.07, 6.45) is 2.30. The molecule has 1 saturated carbocycles. The first kappa shape index (κ1) is 23.6. The number of aromatic nitrogens is 2. The Labute approximate surface area is 195 Å². The summed E-state index contributed by atoms with van der Waals surface area (Å²) in [5, 5.41) is 7.18. The molecule has 1 N–H and O–H groups in total. The molecule has 178 valence electrons. The molecule has 2 aliphatic rings. The van der Waals surface area contributed by atoms with E-state index in [0.29, 0.717) is 17.5 Å². The second-order valence-corrected chi connectivity index (χ2v) is 9.14. The Bertz CT molecular complexity index is 1010. The fourth-order valence-corrected chi connectivity index (χ4v) is 4.85. The minimum absolute atomic E-state index is 0.0464. The van der Waals surface area contributed by atoms with Gasteiger partial charge in [0.15, 0.2) is 5.69 Å². The Balaban J connectivity index is 1.45. The Morgan fingerprint density at radius 1 is 1.06 bits per heavy atom. The van der Waals surface area contributed by atoms with Crippen molar-refractivity contribution in [2.45, 2.75) is 57.2 Å². The summed E-state index contributed by atoms with van der Waals surface area (Å²) in [6, 6.07) is 5.81. The van der Waals surface area contributed by atoms with Crippen molar-refractivity contribution < 1.29 is 22.8 Å². The highest BCUT2D eigenvalue weighted by molar-refractivity contribution is 6.30. The number of nitrogens with zero attached hydrogens (tertiary/aromatic N) is 3. The third kappa shape index (κ3) is 5.34. The number of carbonyl (C=O) groups excluding carboxylic acids is 2. The average molecular weight is 483 g/mol. The molecule has 6 nitrogen and oxygen atoms in total. The lowest BCUT2D eigenvalue weighted by atomic mass is 9.88. The Morgan fingerprint density at radius 3 is 2.39 bits per heavy atom. The molecule has 33 heavy (non-hydrogen) atoms. The Morgan fingerprint density at radius 2 is 1.76 bits per heavy atom. The maximum Gasteiger partial charge on any atom is 0.434 e. The monoisotopic (exact) mass is 482 g/mol. The molecular weight excluding hydrogens is 457 g/mol. The van der Waals surface area contributed by atoms with E-state index < -0.39 is 23.3 Å². The second-order valence-electron chi connectivity index (χ2n) is 8.71. The molecule has 2 aromatic rings. The highest BCUT2D eigenvalue weighted by Crippen LogP contribution is 2.35. The summed E-state index contributed by atoms with van der Waals surface area (Å²) in [4.78, 5) is 26.9. The number of piperidine rings is 1. The summed E-state index contributed by atoms with van der Waals surface area (Å²) in [5.41, 5.74) is -1.49. The number of nitrogens with one attached hydrogen (secondary N) is 1. The van der Waals surface area contributed by atoms with Crippen molar-refractivity contribution in [3.8, 4) is 5.69 Å². The molecule has 0 atom stereocenters. The van der Waals surface area contributed by atoms with Crippen LogP contribution in [0.3, 0.4) is 0 Å². The van der Waals surface area contributed by atoms with E-state index in [1.165, 1.54) is 23.1 Å². The molecule has 10 heteroatoms. The van der Waals surface area contributed by atoms with Gasteiger partial charge in [0.1, 0.15) is 0 Å². The summed E-state index contributed by atoms with van der Waals surface area (Å²) in [7, 11) is 0. The van der Waals surface area contributed by atoms with E-state index in [1.807, 2.05) is 0 Å². The predicted molar refractivity (Wildman–Crippen MR) is 117 cm³/mol. The van der Waals surface area contributed by atoms with Gasteiger partial charge in [-0.15, -0.1) is 0 Å². The quantitative estimate of drug-likeness (QED) is 0.677. The van der Waals surface area contributed by atoms with Crippen molar-refractivity contribution in [2.24, 2.45) is 5.92 Å². The van der Waals surface area contributed by atoms with Crippen LogP contribution in [-0.2, 0) is 11.0 Å². The van der Waals surface area contributed by atoms with Crippen LogP contribution in [0.25, 0.3) is 5.69 Å². The van der Waals surface area contributed by atoms with Crippen molar-refractivity contribution in [1.82, 2.24) is 20.0 Å². The first-order chi connectivity index (χ1) is 15.7. The normalized spacial score (nSPS) is 18.4. The molecule has 1 aromatic carbocycles. The topological polar surface area (TPSA) is 67.2 Å². The zero-order chi connectivity index (χ0) is 23.6. The van der Waals surface area contributed by atoms with E-state index >= 15 is 0 Å². The molecule has 1 aliphatic heterocycles. The van der Waals surface area contributed by atoms with Crippen molar-refractivity contribution in [3.05, 3.63) is 46.7 Å². The first-order valence-electron chi connectivity index (χ1n) is 11.2. The molecule has 0 spiro atoms. The van der Waals surface area contributed by atoms with Crippen LogP contribution < -0.4 is 5.32 Å². The smallest absolute Gasteiger partial charge is 0.353 e. The van der Waals surface area contributed by atoms with Crippen LogP contribution in [0, 0.1) is 5.92 Å². The lowest BCUT2D eigenvalue weighted by molar-refractivity contribution is -0.143. The van der Waals surface area contributed by atoms with Crippen molar-refractivity contribution in [3.63, 3.8) is 0 Å². The standard InChI is InChI=1S/C23H26ClF3N4O2/c24-16-7-4-8-18(13-16)31-20(23(25,26)27)19(14-28-31)22(33)30-11-9-17(10-12-30)29-21(32)15-5-2-1-3-6-15/h4,7-8,13-15,17H,1-3,5-6,9-12H2,(H,29,32). The van der Waals surface area contributed by atoms with Crippen LogP contribution in [0.15, 0.2) is 30.5 Å². The van der Waals surface area contributed by atoms with Gasteiger partial charge in [-0.1, -0.05) is 36.9 Å². The molecule has 0 bridgehead atoms. The Kier molecular flexibility index (Phi) is 6.97. The largest absolute Gasteiger partial charge is 0.434 e. The number of likely N-dealkylation sites (tertiary alicyclic amines) is 1. The van der Waals surface area contributed by atoms with Crippen LogP contribution >= 0.6 is 11.6 Å². The SMILES string of the molecule is O=C(NC1CCN(C(=O)c2cnn(-c3cccc(Cl)c3)c2C(F)(F)F)CC1)C1CCCCC1. The number of rotatable bonds is 4. The molecule has 1 aromatic heterocycles. The van der Waals surface area contributed by atoms with Gasteiger partial charge in [-0.05, 0) is 43.9 Å². The van der Waals surface area contributed by atoms with Crippen LogP contribution in [0.4, 0.5) is 13.2 Å². The molecule has 2 fully saturated rings. The second kappa shape index (κ2) is 9.75. The van der Waals surface area contributed by atoms with Gasteiger partial charge in [-0.3, -0.25) is 9.59 Å². The van der Waals surface area contributed by atoms with E-state index in [1.54, 1.807) is 6.07 Å². The van der Waals surface area contributed by atoms with Gasteiger partial charge in [0.25, 0.3) is 5.91 Å². The highest BCUT2D eigenvalue weighted by Gasteiger charge is 2.42. The number of carbonyl (C=O) groups is 2. The maximum absolute atomic E-state index is 13.9. The van der Waals surface area contributed by atoms with Gasteiger partial charge in [0.05, 0.1) is 17.4 Å². The van der Waals surface area contributed by atoms with Crippen LogP contribution in [0.1, 0.15) is 61.0 Å². The summed E-state index contributed by atoms with van der Waals surface area (Å²) < 4.78 is 42.5. The van der Waals surface area contributed by atoms with Crippen LogP contribution in [0.2, 0.25) is 5.02 Å². The zero-order valence-electron chi connectivity index (χ0n) is 18.1. The van der Waals surface area contributed by atoms with Gasteiger partial charge >= 0.3 is 6.18 Å². The van der Waals surface area contributed by atoms with E-state index in [2.05, 4.69) is 10.4 Å². The third-order valence-electron chi connectivity index (χ3n) is 6.43. The number of alkyl halides is 3. The maximum atomic E-state index is 13.9. The Hall–Kier alpha value is -2.55. The minimum Gasteiger partial charge on any atom is -0.353 e. The fraction of sp³-hybridized carbons (Fsp3) is 0.522. The first-order valence-corrected chi connectivity index (χ1v) is 11.6. The average Bonchev–Trinajstić information content (AvgIpc) is 3.26. The minimum atomic E-state index is -4.78.